The van der Waals surface area contributed by atoms with Crippen LogP contribution < -0.4 is 9.62 Å². The molecule has 4 rings (SSSR count). The molecule has 0 heterocycles. The van der Waals surface area contributed by atoms with Gasteiger partial charge < -0.3 is 10.2 Å². The lowest BCUT2D eigenvalue weighted by molar-refractivity contribution is -0.140. The van der Waals surface area contributed by atoms with Gasteiger partial charge in [0.2, 0.25) is 11.8 Å². The Kier molecular flexibility index (Phi) is 11.1. The SMILES string of the molecule is Cc1ccc(S(=O)(=O)N(CC(=O)N(Cc2ccccc2Cl)[C@H](Cc2ccccc2)C(=O)NC(C)C)c2ccc(Cl)cc2)cc1. The van der Waals surface area contributed by atoms with Gasteiger partial charge in [0.15, 0.2) is 0 Å². The molecule has 0 saturated heterocycles. The highest BCUT2D eigenvalue weighted by Crippen LogP contribution is 2.27. The zero-order chi connectivity index (χ0) is 31.9. The zero-order valence-electron chi connectivity index (χ0n) is 24.8. The van der Waals surface area contributed by atoms with E-state index in [1.807, 2.05) is 51.1 Å². The fraction of sp³-hybridized carbons (Fsp3) is 0.235. The first-order valence-corrected chi connectivity index (χ1v) is 16.4. The van der Waals surface area contributed by atoms with E-state index in [9.17, 15) is 18.0 Å². The highest BCUT2D eigenvalue weighted by atomic mass is 35.5. The van der Waals surface area contributed by atoms with Gasteiger partial charge in [0, 0.05) is 29.1 Å². The molecule has 44 heavy (non-hydrogen) atoms. The molecular weight excluding hydrogens is 617 g/mol. The number of benzene rings is 4. The number of nitrogens with zero attached hydrogens (tertiary/aromatic N) is 2. The van der Waals surface area contributed by atoms with Crippen LogP contribution >= 0.6 is 23.2 Å². The first-order valence-electron chi connectivity index (χ1n) is 14.2. The van der Waals surface area contributed by atoms with Gasteiger partial charge >= 0.3 is 0 Å². The van der Waals surface area contributed by atoms with Crippen molar-refractivity contribution in [3.05, 3.63) is 130 Å². The molecule has 0 aliphatic heterocycles. The molecule has 0 fully saturated rings. The second kappa shape index (κ2) is 14.8. The van der Waals surface area contributed by atoms with E-state index in [0.29, 0.717) is 15.6 Å². The number of anilines is 1. The Hall–Kier alpha value is -3.85. The lowest BCUT2D eigenvalue weighted by Gasteiger charge is -2.34. The van der Waals surface area contributed by atoms with Crippen molar-refractivity contribution < 1.29 is 18.0 Å². The molecule has 0 bridgehead atoms. The van der Waals surface area contributed by atoms with Gasteiger partial charge in [-0.25, -0.2) is 8.42 Å². The van der Waals surface area contributed by atoms with Crippen LogP contribution in [0.1, 0.15) is 30.5 Å². The topological polar surface area (TPSA) is 86.8 Å². The summed E-state index contributed by atoms with van der Waals surface area (Å²) in [6.07, 6.45) is 0.210. The third kappa shape index (κ3) is 8.40. The Morgan fingerprint density at radius 2 is 1.43 bits per heavy atom. The van der Waals surface area contributed by atoms with E-state index < -0.39 is 28.5 Å². The zero-order valence-corrected chi connectivity index (χ0v) is 27.1. The largest absolute Gasteiger partial charge is 0.352 e. The summed E-state index contributed by atoms with van der Waals surface area (Å²) in [5.74, 6) is -0.931. The molecule has 2 amide bonds. The minimum Gasteiger partial charge on any atom is -0.352 e. The molecule has 4 aromatic rings. The molecule has 7 nitrogen and oxygen atoms in total. The number of aryl methyl sites for hydroxylation is 1. The Labute approximate surface area is 269 Å². The number of carbonyl (C=O) groups is 2. The highest BCUT2D eigenvalue weighted by Gasteiger charge is 2.35. The fourth-order valence-electron chi connectivity index (χ4n) is 4.72. The maximum atomic E-state index is 14.4. The summed E-state index contributed by atoms with van der Waals surface area (Å²) in [5.41, 5.74) is 2.61. The minimum atomic E-state index is -4.20. The van der Waals surface area contributed by atoms with Crippen molar-refractivity contribution in [2.75, 3.05) is 10.8 Å². The summed E-state index contributed by atoms with van der Waals surface area (Å²) < 4.78 is 29.2. The summed E-state index contributed by atoms with van der Waals surface area (Å²) in [4.78, 5) is 29.6. The number of halogens is 2. The maximum Gasteiger partial charge on any atom is 0.264 e. The molecule has 0 aromatic heterocycles. The fourth-order valence-corrected chi connectivity index (χ4v) is 6.45. The number of hydrogen-bond donors (Lipinski definition) is 1. The Morgan fingerprint density at radius 1 is 0.818 bits per heavy atom. The third-order valence-electron chi connectivity index (χ3n) is 7.00. The van der Waals surface area contributed by atoms with Gasteiger partial charge in [0.25, 0.3) is 10.0 Å². The smallest absolute Gasteiger partial charge is 0.264 e. The molecule has 0 saturated carbocycles. The summed E-state index contributed by atoms with van der Waals surface area (Å²) in [7, 11) is -4.20. The van der Waals surface area contributed by atoms with Gasteiger partial charge in [-0.3, -0.25) is 13.9 Å². The van der Waals surface area contributed by atoms with Crippen LogP contribution in [-0.2, 0) is 32.6 Å². The minimum absolute atomic E-state index is 0.0133. The van der Waals surface area contributed by atoms with E-state index >= 15 is 0 Å². The second-order valence-electron chi connectivity index (χ2n) is 10.8. The number of amides is 2. The first-order chi connectivity index (χ1) is 21.0. The molecule has 10 heteroatoms. The number of carbonyl (C=O) groups excluding carboxylic acids is 2. The molecule has 4 aromatic carbocycles. The summed E-state index contributed by atoms with van der Waals surface area (Å²) >= 11 is 12.6. The van der Waals surface area contributed by atoms with Gasteiger partial charge in [-0.05, 0) is 74.4 Å². The van der Waals surface area contributed by atoms with Crippen molar-refractivity contribution in [3.8, 4) is 0 Å². The molecule has 1 atom stereocenters. The summed E-state index contributed by atoms with van der Waals surface area (Å²) in [6, 6.07) is 27.9. The standard InChI is InChI=1S/C34H35Cl2N3O4S/c1-24(2)37-34(41)32(21-26-9-5-4-6-10-26)38(22-27-11-7-8-12-31(27)36)33(40)23-39(29-17-15-28(35)16-18-29)44(42,43)30-19-13-25(3)14-20-30/h4-20,24,32H,21-23H2,1-3H3,(H,37,41)/t32-/m1/s1. The van der Waals surface area contributed by atoms with Gasteiger partial charge in [-0.2, -0.15) is 0 Å². The molecule has 0 unspecified atom stereocenters. The number of rotatable bonds is 12. The van der Waals surface area contributed by atoms with Gasteiger partial charge in [-0.1, -0.05) is 89.4 Å². The Morgan fingerprint density at radius 3 is 2.05 bits per heavy atom. The van der Waals surface area contributed by atoms with E-state index in [4.69, 9.17) is 23.2 Å². The van der Waals surface area contributed by atoms with Gasteiger partial charge in [0.1, 0.15) is 12.6 Å². The van der Waals surface area contributed by atoms with Crippen LogP contribution in [0.15, 0.2) is 108 Å². The van der Waals surface area contributed by atoms with Crippen LogP contribution in [0.3, 0.4) is 0 Å². The van der Waals surface area contributed by atoms with Crippen molar-refractivity contribution in [1.82, 2.24) is 10.2 Å². The lowest BCUT2D eigenvalue weighted by Crippen LogP contribution is -2.54. The predicted octanol–water partition coefficient (Wildman–Crippen LogP) is 6.66. The molecule has 0 spiro atoms. The quantitative estimate of drug-likeness (QED) is 0.186. The van der Waals surface area contributed by atoms with Crippen LogP contribution in [0.2, 0.25) is 10.0 Å². The van der Waals surface area contributed by atoms with E-state index in [-0.39, 0.29) is 35.5 Å². The predicted molar refractivity (Wildman–Crippen MR) is 176 cm³/mol. The van der Waals surface area contributed by atoms with Crippen molar-refractivity contribution >= 4 is 50.7 Å². The number of hydrogen-bond acceptors (Lipinski definition) is 4. The molecule has 0 aliphatic carbocycles. The van der Waals surface area contributed by atoms with E-state index in [1.54, 1.807) is 60.7 Å². The average molecular weight is 653 g/mol. The van der Waals surface area contributed by atoms with Crippen molar-refractivity contribution in [2.24, 2.45) is 0 Å². The molecule has 1 N–H and O–H groups in total. The normalized spacial score (nSPS) is 12.0. The third-order valence-corrected chi connectivity index (χ3v) is 9.41. The van der Waals surface area contributed by atoms with E-state index in [1.165, 1.54) is 17.0 Å². The molecule has 0 aliphatic rings. The van der Waals surface area contributed by atoms with Crippen LogP contribution in [0.4, 0.5) is 5.69 Å². The Balaban J connectivity index is 1.81. The maximum absolute atomic E-state index is 14.4. The summed E-state index contributed by atoms with van der Waals surface area (Å²) in [5, 5.41) is 3.78. The molecule has 230 valence electrons. The van der Waals surface area contributed by atoms with Crippen LogP contribution in [0.5, 0.6) is 0 Å². The van der Waals surface area contributed by atoms with Crippen molar-refractivity contribution in [2.45, 2.75) is 50.7 Å². The average Bonchev–Trinajstić information content (AvgIpc) is 2.99. The lowest BCUT2D eigenvalue weighted by atomic mass is 10.0. The van der Waals surface area contributed by atoms with Gasteiger partial charge in [0.05, 0.1) is 10.6 Å². The molecule has 0 radical (unpaired) electrons. The van der Waals surface area contributed by atoms with Crippen LogP contribution in [0, 0.1) is 6.92 Å². The Bertz CT molecular complexity index is 1680. The number of nitrogens with one attached hydrogen (secondary N) is 1. The first kappa shape index (κ1) is 33.1. The van der Waals surface area contributed by atoms with E-state index in [0.717, 1.165) is 15.4 Å². The highest BCUT2D eigenvalue weighted by molar-refractivity contribution is 7.92. The van der Waals surface area contributed by atoms with Gasteiger partial charge in [-0.15, -0.1) is 0 Å². The molecular formula is C34H35Cl2N3O4S. The van der Waals surface area contributed by atoms with Crippen LogP contribution in [-0.4, -0.2) is 43.8 Å². The van der Waals surface area contributed by atoms with E-state index in [2.05, 4.69) is 5.32 Å². The summed E-state index contributed by atoms with van der Waals surface area (Å²) in [6.45, 7) is 4.96. The second-order valence-corrected chi connectivity index (χ2v) is 13.5. The van der Waals surface area contributed by atoms with Crippen molar-refractivity contribution in [1.29, 1.82) is 0 Å². The monoisotopic (exact) mass is 651 g/mol. The van der Waals surface area contributed by atoms with Crippen LogP contribution in [0.25, 0.3) is 0 Å². The number of sulfonamides is 1. The van der Waals surface area contributed by atoms with Crippen molar-refractivity contribution in [3.63, 3.8) is 0 Å².